The molecule has 0 N–H and O–H groups in total. The molecule has 0 aliphatic heterocycles. The van der Waals surface area contributed by atoms with Gasteiger partial charge in [-0.3, -0.25) is 0 Å². The maximum atomic E-state index is 12.5. The lowest BCUT2D eigenvalue weighted by Crippen LogP contribution is -2.12. The van der Waals surface area contributed by atoms with E-state index >= 15 is 0 Å². The van der Waals surface area contributed by atoms with Crippen LogP contribution in [0.25, 0.3) is 0 Å². The second-order valence-corrected chi connectivity index (χ2v) is 6.87. The molecule has 2 aromatic rings. The molecule has 1 heterocycles. The molecule has 1 unspecified atom stereocenters. The largest absolute Gasteiger partial charge is 0.340 e. The Kier molecular flexibility index (Phi) is 3.45. The number of rotatable bonds is 3. The van der Waals surface area contributed by atoms with Gasteiger partial charge in [-0.2, -0.15) is 4.98 Å². The summed E-state index contributed by atoms with van der Waals surface area (Å²) < 4.78 is 29.8. The first-order valence-electron chi connectivity index (χ1n) is 5.93. The van der Waals surface area contributed by atoms with E-state index in [4.69, 9.17) is 4.52 Å². The van der Waals surface area contributed by atoms with Crippen molar-refractivity contribution in [3.05, 3.63) is 41.0 Å². The molecule has 102 valence electrons. The molecule has 0 radical (unpaired) electrons. The smallest absolute Gasteiger partial charge is 0.223 e. The lowest BCUT2D eigenvalue weighted by Gasteiger charge is -2.10. The van der Waals surface area contributed by atoms with Crippen molar-refractivity contribution in [2.75, 3.05) is 0 Å². The van der Waals surface area contributed by atoms with Gasteiger partial charge in [0.15, 0.2) is 15.7 Å². The highest BCUT2D eigenvalue weighted by atomic mass is 32.2. The molecule has 0 bridgehead atoms. The summed E-state index contributed by atoms with van der Waals surface area (Å²) in [5, 5.41) is 2.86. The highest BCUT2D eigenvalue weighted by Gasteiger charge is 2.28. The van der Waals surface area contributed by atoms with Gasteiger partial charge >= 0.3 is 0 Å². The van der Waals surface area contributed by atoms with Crippen molar-refractivity contribution in [3.8, 4) is 0 Å². The second-order valence-electron chi connectivity index (χ2n) is 4.60. The van der Waals surface area contributed by atoms with Crippen molar-refractivity contribution < 1.29 is 12.9 Å². The molecule has 5 nitrogen and oxygen atoms in total. The molecule has 0 saturated carbocycles. The monoisotopic (exact) mass is 280 g/mol. The highest BCUT2D eigenvalue weighted by Crippen LogP contribution is 2.27. The summed E-state index contributed by atoms with van der Waals surface area (Å²) in [5.41, 5.74) is 2.00. The average Bonchev–Trinajstić information content (AvgIpc) is 2.78. The van der Waals surface area contributed by atoms with Gasteiger partial charge in [-0.05, 0) is 44.0 Å². The minimum atomic E-state index is -3.50. The molecular weight excluding hydrogens is 264 g/mol. The summed E-state index contributed by atoms with van der Waals surface area (Å²) in [6, 6.07) is 5.09. The van der Waals surface area contributed by atoms with Crippen LogP contribution >= 0.6 is 0 Å². The molecule has 0 aliphatic carbocycles. The van der Waals surface area contributed by atoms with E-state index in [1.807, 2.05) is 13.8 Å². The molecule has 0 saturated heterocycles. The molecule has 1 aromatic carbocycles. The first-order chi connectivity index (χ1) is 8.82. The number of aryl methyl sites for hydroxylation is 3. The van der Waals surface area contributed by atoms with Crippen molar-refractivity contribution in [2.24, 2.45) is 0 Å². The molecule has 2 rings (SSSR count). The van der Waals surface area contributed by atoms with Crippen LogP contribution in [0.15, 0.2) is 27.6 Å². The summed E-state index contributed by atoms with van der Waals surface area (Å²) in [6.45, 7) is 7.02. The van der Waals surface area contributed by atoms with Crippen LogP contribution in [-0.2, 0) is 9.84 Å². The third-order valence-electron chi connectivity index (χ3n) is 3.18. The van der Waals surface area contributed by atoms with Crippen molar-refractivity contribution in [1.29, 1.82) is 0 Å². The van der Waals surface area contributed by atoms with Gasteiger partial charge in [0, 0.05) is 6.92 Å². The summed E-state index contributed by atoms with van der Waals surface area (Å²) in [7, 11) is -3.50. The molecule has 1 atom stereocenters. The molecule has 6 heteroatoms. The van der Waals surface area contributed by atoms with E-state index in [2.05, 4.69) is 10.1 Å². The number of benzene rings is 1. The summed E-state index contributed by atoms with van der Waals surface area (Å²) in [5.74, 6) is 0.549. The van der Waals surface area contributed by atoms with Gasteiger partial charge in [0.1, 0.15) is 5.25 Å². The van der Waals surface area contributed by atoms with Gasteiger partial charge < -0.3 is 4.52 Å². The first kappa shape index (κ1) is 13.7. The zero-order valence-corrected chi connectivity index (χ0v) is 12.2. The quantitative estimate of drug-likeness (QED) is 0.863. The number of nitrogens with zero attached hydrogens (tertiary/aromatic N) is 2. The van der Waals surface area contributed by atoms with E-state index in [0.717, 1.165) is 11.1 Å². The number of sulfone groups is 1. The van der Waals surface area contributed by atoms with Crippen LogP contribution in [0.2, 0.25) is 0 Å². The average molecular weight is 280 g/mol. The molecule has 19 heavy (non-hydrogen) atoms. The van der Waals surface area contributed by atoms with Crippen LogP contribution in [0.1, 0.15) is 35.0 Å². The predicted octanol–water partition coefficient (Wildman–Crippen LogP) is 2.53. The van der Waals surface area contributed by atoms with E-state index in [0.29, 0.717) is 5.89 Å². The van der Waals surface area contributed by atoms with Crippen LogP contribution in [0.4, 0.5) is 0 Å². The number of aromatic nitrogens is 2. The zero-order valence-electron chi connectivity index (χ0n) is 11.3. The minimum Gasteiger partial charge on any atom is -0.340 e. The van der Waals surface area contributed by atoms with Crippen molar-refractivity contribution in [3.63, 3.8) is 0 Å². The van der Waals surface area contributed by atoms with E-state index in [1.165, 1.54) is 0 Å². The van der Waals surface area contributed by atoms with Crippen LogP contribution in [0, 0.1) is 20.8 Å². The fraction of sp³-hybridized carbons (Fsp3) is 0.385. The van der Waals surface area contributed by atoms with E-state index in [9.17, 15) is 8.42 Å². The normalized spacial score (nSPS) is 13.5. The maximum Gasteiger partial charge on any atom is 0.223 e. The summed E-state index contributed by atoms with van der Waals surface area (Å²) in [4.78, 5) is 4.27. The van der Waals surface area contributed by atoms with Gasteiger partial charge in [-0.1, -0.05) is 11.2 Å². The second kappa shape index (κ2) is 4.77. The zero-order chi connectivity index (χ0) is 14.2. The Bertz CT molecular complexity index is 704. The highest BCUT2D eigenvalue weighted by molar-refractivity contribution is 7.91. The standard InChI is InChI=1S/C13H16N2O3S/c1-8-5-6-12(7-9(8)2)19(16,17)10(3)13-14-11(4)18-15-13/h5-7,10H,1-4H3. The Morgan fingerprint density at radius 1 is 1.16 bits per heavy atom. The fourth-order valence-electron chi connectivity index (χ4n) is 1.71. The van der Waals surface area contributed by atoms with Crippen molar-refractivity contribution in [2.45, 2.75) is 37.8 Å². The fourth-order valence-corrected chi connectivity index (χ4v) is 3.09. The van der Waals surface area contributed by atoms with Gasteiger partial charge in [0.05, 0.1) is 4.90 Å². The van der Waals surface area contributed by atoms with Crippen LogP contribution in [0.5, 0.6) is 0 Å². The Morgan fingerprint density at radius 3 is 2.37 bits per heavy atom. The van der Waals surface area contributed by atoms with Gasteiger partial charge in [0.25, 0.3) is 0 Å². The predicted molar refractivity (Wildman–Crippen MR) is 70.6 cm³/mol. The Balaban J connectivity index is 2.44. The lowest BCUT2D eigenvalue weighted by atomic mass is 10.1. The van der Waals surface area contributed by atoms with E-state index in [1.54, 1.807) is 32.0 Å². The van der Waals surface area contributed by atoms with Gasteiger partial charge in [-0.25, -0.2) is 8.42 Å². The summed E-state index contributed by atoms with van der Waals surface area (Å²) in [6.07, 6.45) is 0. The Hall–Kier alpha value is -1.69. The molecule has 0 aliphatic rings. The molecular formula is C13H16N2O3S. The van der Waals surface area contributed by atoms with Crippen molar-refractivity contribution in [1.82, 2.24) is 10.1 Å². The summed E-state index contributed by atoms with van der Waals surface area (Å²) >= 11 is 0. The number of hydrogen-bond acceptors (Lipinski definition) is 5. The van der Waals surface area contributed by atoms with E-state index in [-0.39, 0.29) is 10.7 Å². The van der Waals surface area contributed by atoms with Crippen LogP contribution in [-0.4, -0.2) is 18.6 Å². The lowest BCUT2D eigenvalue weighted by molar-refractivity contribution is 0.387. The third kappa shape index (κ3) is 2.53. The van der Waals surface area contributed by atoms with Crippen LogP contribution in [0.3, 0.4) is 0 Å². The molecule has 0 spiro atoms. The topological polar surface area (TPSA) is 73.1 Å². The van der Waals surface area contributed by atoms with Crippen LogP contribution < -0.4 is 0 Å². The molecule has 1 aromatic heterocycles. The molecule has 0 amide bonds. The first-order valence-corrected chi connectivity index (χ1v) is 7.48. The Labute approximate surface area is 112 Å². The SMILES string of the molecule is Cc1nc(C(C)S(=O)(=O)c2ccc(C)c(C)c2)no1. The Morgan fingerprint density at radius 2 is 1.84 bits per heavy atom. The maximum absolute atomic E-state index is 12.5. The van der Waals surface area contributed by atoms with E-state index < -0.39 is 15.1 Å². The minimum absolute atomic E-state index is 0.190. The molecule has 0 fully saturated rings. The third-order valence-corrected chi connectivity index (χ3v) is 5.23. The van der Waals surface area contributed by atoms with Gasteiger partial charge in [0.2, 0.25) is 5.89 Å². The number of hydrogen-bond donors (Lipinski definition) is 0. The van der Waals surface area contributed by atoms with Gasteiger partial charge in [-0.15, -0.1) is 0 Å². The van der Waals surface area contributed by atoms with Crippen molar-refractivity contribution >= 4 is 9.84 Å².